The molecule has 5 aliphatic rings. The van der Waals surface area contributed by atoms with Crippen LogP contribution in [0.15, 0.2) is 84.9 Å². The Hall–Kier alpha value is -5.68. The van der Waals surface area contributed by atoms with Gasteiger partial charge in [0.25, 0.3) is 0 Å². The van der Waals surface area contributed by atoms with Crippen molar-refractivity contribution in [2.75, 3.05) is 18.0 Å². The summed E-state index contributed by atoms with van der Waals surface area (Å²) in [5.41, 5.74) is 19.3. The van der Waals surface area contributed by atoms with Gasteiger partial charge in [-0.2, -0.15) is 10.5 Å². The van der Waals surface area contributed by atoms with Crippen LogP contribution in [-0.4, -0.2) is 49.2 Å². The van der Waals surface area contributed by atoms with Gasteiger partial charge in [0.1, 0.15) is 11.5 Å². The van der Waals surface area contributed by atoms with Gasteiger partial charge in [-0.05, 0) is 155 Å². The number of aryl methyl sites for hydroxylation is 3. The Balaban J connectivity index is 0.000000180. The number of anilines is 1. The standard InChI is InChI=1S/C23H24N2O2.C16H21NO2.C8H7N.C6H14N2.CH4/c1-16-9-10-18(12-22(16)27-21-7-2-3-8-21)19-13-23(26)25(15-19)20-6-4-5-17(11-20)14-24;1-11-6-7-12(13-9-16(18)17-10-13)8-15(11)19-14-4-2-3-5-14;1-7-3-2-4-8(5-7)6-9;7-5-3-1-2-4-6(5)8;/h4-6,9-12,19,21H,2-3,7-8,13,15H2,1H3;6-8,13-14H,2-5,9-10H2,1H3,(H,17,18);2-5H,1H3;5-6H,1-4,7-8H2;1H4/t19-;13-;;5-,6-;/m00.0./s1. The normalized spacial score (nSPS) is 21.6. The predicted molar refractivity (Wildman–Crippen MR) is 256 cm³/mol. The van der Waals surface area contributed by atoms with E-state index in [1.54, 1.807) is 23.1 Å². The fourth-order valence-electron chi connectivity index (χ4n) is 9.03. The van der Waals surface area contributed by atoms with E-state index in [2.05, 4.69) is 67.7 Å². The number of carbonyl (C=O) groups is 2. The van der Waals surface area contributed by atoms with Gasteiger partial charge in [0, 0.05) is 55.5 Å². The molecule has 4 atom stereocenters. The Morgan fingerprint density at radius 3 is 1.59 bits per heavy atom. The van der Waals surface area contributed by atoms with Crippen LogP contribution in [0, 0.1) is 43.4 Å². The number of ether oxygens (including phenoxy) is 2. The highest BCUT2D eigenvalue weighted by Gasteiger charge is 2.32. The van der Waals surface area contributed by atoms with E-state index in [0.717, 1.165) is 71.7 Å². The molecule has 4 aromatic carbocycles. The first-order chi connectivity index (χ1) is 30.5. The summed E-state index contributed by atoms with van der Waals surface area (Å²) in [7, 11) is 0. The van der Waals surface area contributed by atoms with Gasteiger partial charge in [-0.15, -0.1) is 0 Å². The zero-order valence-corrected chi connectivity index (χ0v) is 37.5. The van der Waals surface area contributed by atoms with Gasteiger partial charge in [-0.3, -0.25) is 9.59 Å². The van der Waals surface area contributed by atoms with E-state index >= 15 is 0 Å². The molecule has 0 aromatic heterocycles. The van der Waals surface area contributed by atoms with Crippen molar-refractivity contribution in [1.29, 1.82) is 10.5 Å². The van der Waals surface area contributed by atoms with Crippen LogP contribution < -0.4 is 31.2 Å². The first-order valence-electron chi connectivity index (χ1n) is 23.1. The molecule has 64 heavy (non-hydrogen) atoms. The number of benzene rings is 4. The fraction of sp³-hybridized carbons (Fsp3) is 0.481. The maximum absolute atomic E-state index is 12.6. The average molecular weight is 867 g/mol. The molecule has 3 saturated carbocycles. The lowest BCUT2D eigenvalue weighted by Crippen LogP contribution is -2.43. The smallest absolute Gasteiger partial charge is 0.227 e. The SMILES string of the molecule is C.Cc1ccc([C@@H]2CNC(=O)C2)cc1OC1CCCC1.Cc1ccc([C@H]2CC(=O)N(c3cccc(C#N)c3)C2)cc1OC1CCCC1.Cc1cccc(C#N)c1.N[C@H]1CCCC[C@@H]1N. The van der Waals surface area contributed by atoms with Crippen molar-refractivity contribution < 1.29 is 19.1 Å². The lowest BCUT2D eigenvalue weighted by atomic mass is 9.92. The lowest BCUT2D eigenvalue weighted by Gasteiger charge is -2.24. The minimum Gasteiger partial charge on any atom is -0.490 e. The summed E-state index contributed by atoms with van der Waals surface area (Å²) < 4.78 is 12.4. The molecule has 340 valence electrons. The monoisotopic (exact) mass is 867 g/mol. The van der Waals surface area contributed by atoms with Crippen molar-refractivity contribution >= 4 is 17.5 Å². The van der Waals surface area contributed by atoms with Crippen LogP contribution in [0.2, 0.25) is 0 Å². The van der Waals surface area contributed by atoms with E-state index < -0.39 is 0 Å². The first kappa shape index (κ1) is 49.3. The first-order valence-corrected chi connectivity index (χ1v) is 23.1. The maximum atomic E-state index is 12.6. The molecule has 4 aromatic rings. The van der Waals surface area contributed by atoms with Crippen molar-refractivity contribution in [2.24, 2.45) is 11.5 Å². The molecule has 5 N–H and O–H groups in total. The summed E-state index contributed by atoms with van der Waals surface area (Å²) in [5.74, 6) is 2.67. The summed E-state index contributed by atoms with van der Waals surface area (Å²) >= 11 is 0. The lowest BCUT2D eigenvalue weighted by molar-refractivity contribution is -0.119. The van der Waals surface area contributed by atoms with Gasteiger partial charge in [-0.1, -0.05) is 62.7 Å². The van der Waals surface area contributed by atoms with Crippen molar-refractivity contribution in [3.05, 3.63) is 124 Å². The van der Waals surface area contributed by atoms with Gasteiger partial charge in [0.15, 0.2) is 0 Å². The fourth-order valence-corrected chi connectivity index (χ4v) is 9.03. The molecular weight excluding hydrogens is 797 g/mol. The second-order valence-electron chi connectivity index (χ2n) is 18.0. The quantitative estimate of drug-likeness (QED) is 0.165. The summed E-state index contributed by atoms with van der Waals surface area (Å²) in [5, 5.41) is 20.4. The number of rotatable bonds is 7. The van der Waals surface area contributed by atoms with Crippen LogP contribution in [0.25, 0.3) is 0 Å². The number of carbonyl (C=O) groups excluding carboxylic acids is 2. The average Bonchev–Trinajstić information content (AvgIpc) is 4.15. The molecule has 3 aliphatic carbocycles. The zero-order chi connectivity index (χ0) is 44.7. The van der Waals surface area contributed by atoms with E-state index in [4.69, 9.17) is 31.5 Å². The number of nitrogens with zero attached hydrogens (tertiary/aromatic N) is 3. The van der Waals surface area contributed by atoms with Crippen molar-refractivity contribution in [3.63, 3.8) is 0 Å². The Morgan fingerprint density at radius 1 is 0.625 bits per heavy atom. The van der Waals surface area contributed by atoms with E-state index in [1.165, 1.54) is 62.5 Å². The van der Waals surface area contributed by atoms with Gasteiger partial charge in [-0.25, -0.2) is 0 Å². The summed E-state index contributed by atoms with van der Waals surface area (Å²) in [6, 6.07) is 32.3. The molecule has 0 spiro atoms. The third-order valence-corrected chi connectivity index (χ3v) is 13.0. The Bertz CT molecular complexity index is 2220. The van der Waals surface area contributed by atoms with E-state index in [1.807, 2.05) is 37.3 Å². The van der Waals surface area contributed by atoms with Crippen LogP contribution in [0.5, 0.6) is 11.5 Å². The van der Waals surface area contributed by atoms with Crippen molar-refractivity contribution in [1.82, 2.24) is 5.32 Å². The zero-order valence-electron chi connectivity index (χ0n) is 37.5. The largest absolute Gasteiger partial charge is 0.490 e. The van der Waals surface area contributed by atoms with Crippen molar-refractivity contribution in [3.8, 4) is 23.6 Å². The van der Waals surface area contributed by atoms with Crippen LogP contribution in [0.3, 0.4) is 0 Å². The van der Waals surface area contributed by atoms with Crippen LogP contribution in [0.1, 0.15) is 148 Å². The molecule has 2 amide bonds. The highest BCUT2D eigenvalue weighted by Crippen LogP contribution is 2.36. The van der Waals surface area contributed by atoms with E-state index in [0.29, 0.717) is 43.1 Å². The summed E-state index contributed by atoms with van der Waals surface area (Å²) in [6.07, 6.45) is 16.3. The highest BCUT2D eigenvalue weighted by atomic mass is 16.5. The van der Waals surface area contributed by atoms with Gasteiger partial charge in [0.05, 0.1) is 35.5 Å². The molecular formula is C54H70N6O4. The molecule has 9 rings (SSSR count). The molecule has 2 aliphatic heterocycles. The highest BCUT2D eigenvalue weighted by molar-refractivity contribution is 5.96. The molecule has 10 heteroatoms. The van der Waals surface area contributed by atoms with Gasteiger partial charge < -0.3 is 31.2 Å². The van der Waals surface area contributed by atoms with E-state index in [9.17, 15) is 9.59 Å². The van der Waals surface area contributed by atoms with Crippen LogP contribution in [0.4, 0.5) is 5.69 Å². The summed E-state index contributed by atoms with van der Waals surface area (Å²) in [6.45, 7) is 7.53. The van der Waals surface area contributed by atoms with Crippen LogP contribution in [-0.2, 0) is 9.59 Å². The topological polar surface area (TPSA) is 167 Å². The van der Waals surface area contributed by atoms with E-state index in [-0.39, 0.29) is 37.2 Å². The third kappa shape index (κ3) is 14.2. The number of nitrogens with two attached hydrogens (primary N) is 2. The second kappa shape index (κ2) is 24.4. The maximum Gasteiger partial charge on any atom is 0.227 e. The van der Waals surface area contributed by atoms with Crippen molar-refractivity contribution in [2.45, 2.75) is 154 Å². The second-order valence-corrected chi connectivity index (χ2v) is 18.0. The number of hydrogen-bond acceptors (Lipinski definition) is 8. The number of nitrogens with one attached hydrogen (secondary N) is 1. The third-order valence-electron chi connectivity index (χ3n) is 13.0. The van der Waals surface area contributed by atoms with Gasteiger partial charge >= 0.3 is 0 Å². The Morgan fingerprint density at radius 2 is 1.12 bits per heavy atom. The molecule has 0 bridgehead atoms. The molecule has 0 radical (unpaired) electrons. The minimum atomic E-state index is 0. The molecule has 2 heterocycles. The van der Waals surface area contributed by atoms with Crippen LogP contribution >= 0.6 is 0 Å². The molecule has 0 unspecified atom stereocenters. The number of hydrogen-bond donors (Lipinski definition) is 3. The number of nitriles is 2. The summed E-state index contributed by atoms with van der Waals surface area (Å²) in [4.78, 5) is 25.7. The molecule has 2 saturated heterocycles. The Labute approximate surface area is 382 Å². The number of amides is 2. The molecule has 10 nitrogen and oxygen atoms in total. The predicted octanol–water partition coefficient (Wildman–Crippen LogP) is 10.3. The minimum absolute atomic E-state index is 0. The molecule has 5 fully saturated rings. The van der Waals surface area contributed by atoms with Gasteiger partial charge in [0.2, 0.25) is 11.8 Å². The Kier molecular flexibility index (Phi) is 18.8.